The number of hydrogen-bond donors (Lipinski definition) is 0. The van der Waals surface area contributed by atoms with E-state index in [9.17, 15) is 0 Å². The molecule has 0 saturated carbocycles. The van der Waals surface area contributed by atoms with Crippen molar-refractivity contribution in [3.05, 3.63) is 0 Å². The van der Waals surface area contributed by atoms with Gasteiger partial charge in [-0.15, -0.1) is 0 Å². The Hall–Kier alpha value is 0.341. The zero-order valence-corrected chi connectivity index (χ0v) is 7.20. The van der Waals surface area contributed by atoms with Crippen molar-refractivity contribution in [3.63, 3.8) is 0 Å². The third-order valence-corrected chi connectivity index (χ3v) is 0.167. The Bertz CT molecular complexity index is 79.7. The summed E-state index contributed by atoms with van der Waals surface area (Å²) in [6.07, 6.45) is 0. The molecular weight excluding hydrogens is 336 g/mol. The fourth-order valence-electron chi connectivity index (χ4n) is 0. The van der Waals surface area contributed by atoms with Gasteiger partial charge in [0.15, 0.2) is 0 Å². The van der Waals surface area contributed by atoms with Crippen LogP contribution in [0, 0.1) is 0 Å². The van der Waals surface area contributed by atoms with Crippen molar-refractivity contribution in [1.29, 1.82) is 0 Å². The Morgan fingerprint density at radius 2 is 0.900 bits per heavy atom. The van der Waals surface area contributed by atoms with Gasteiger partial charge in [-0.2, -0.15) is 0 Å². The second-order valence-corrected chi connectivity index (χ2v) is 0.575. The molecule has 6 nitrogen and oxygen atoms in total. The minimum atomic E-state index is -2.19. The molecule has 8 heteroatoms. The molecule has 0 atom stereocenters. The summed E-state index contributed by atoms with van der Waals surface area (Å²) >= 11 is 0. The van der Waals surface area contributed by atoms with Crippen LogP contribution in [-0.4, -0.2) is 22.9 Å². The van der Waals surface area contributed by atoms with Crippen LogP contribution >= 0.6 is 0 Å². The number of rotatable bonds is 0. The van der Waals surface area contributed by atoms with Gasteiger partial charge in [-0.3, -0.25) is 0 Å². The number of carboxylic acids is 2. The molecule has 0 aromatic rings. The molecule has 4 N–H and O–H groups in total. The van der Waals surface area contributed by atoms with E-state index in [1.165, 1.54) is 0 Å². The van der Waals surface area contributed by atoms with Gasteiger partial charge in [-0.1, -0.05) is 0 Å². The van der Waals surface area contributed by atoms with Gasteiger partial charge in [0.1, 0.15) is 0 Å². The van der Waals surface area contributed by atoms with Gasteiger partial charge in [0.2, 0.25) is 0 Å². The Balaban J connectivity index is -0.0000000208. The molecular formula is C2H4Ag2O6. The fourth-order valence-corrected chi connectivity index (χ4v) is 0. The minimum absolute atomic E-state index is 0. The molecule has 0 aliphatic rings. The molecule has 0 radical (unpaired) electrons. The molecule has 0 amide bonds. The van der Waals surface area contributed by atoms with Gasteiger partial charge < -0.3 is 30.8 Å². The van der Waals surface area contributed by atoms with Crippen LogP contribution in [0.1, 0.15) is 0 Å². The van der Waals surface area contributed by atoms with Crippen LogP contribution in [0.4, 0.5) is 0 Å². The van der Waals surface area contributed by atoms with Gasteiger partial charge in [0.25, 0.3) is 0 Å². The van der Waals surface area contributed by atoms with Gasteiger partial charge in [-0.05, 0) is 0 Å². The molecule has 10 heavy (non-hydrogen) atoms. The van der Waals surface area contributed by atoms with Crippen LogP contribution in [0.5, 0.6) is 0 Å². The zero-order valence-electron chi connectivity index (χ0n) is 4.24. The van der Waals surface area contributed by atoms with Gasteiger partial charge in [0, 0.05) is 0 Å². The van der Waals surface area contributed by atoms with Crippen molar-refractivity contribution in [3.8, 4) is 0 Å². The molecule has 0 saturated heterocycles. The number of carboxylic acid groups (broad SMARTS) is 2. The normalized spacial score (nSPS) is 4.40. The van der Waals surface area contributed by atoms with E-state index in [-0.39, 0.29) is 55.7 Å². The van der Waals surface area contributed by atoms with Crippen molar-refractivity contribution < 1.29 is 75.5 Å². The number of hydrogen-bond acceptors (Lipinski definition) is 4. The molecule has 0 spiro atoms. The topological polar surface area (TPSA) is 143 Å². The fraction of sp³-hybridized carbons (Fsp3) is 0. The standard InChI is InChI=1S/C2H2O4.2Ag.2H2O/c3-1(4)2(5)6;;;;/h(H,3,4)(H,5,6);;;2*1H2/q;2*+1;;/p-2. The summed E-state index contributed by atoms with van der Waals surface area (Å²) in [4.78, 5) is 17.9. The Morgan fingerprint density at radius 1 is 0.800 bits per heavy atom. The largest absolute Gasteiger partial charge is 1.00 e. The summed E-state index contributed by atoms with van der Waals surface area (Å²) in [6, 6.07) is 0. The Kier molecular flexibility index (Phi) is 51.1. The van der Waals surface area contributed by atoms with Crippen molar-refractivity contribution >= 4 is 11.9 Å². The van der Waals surface area contributed by atoms with E-state index in [0.29, 0.717) is 0 Å². The van der Waals surface area contributed by atoms with E-state index < -0.39 is 11.9 Å². The first kappa shape index (κ1) is 31.6. The van der Waals surface area contributed by atoms with Crippen molar-refractivity contribution in [1.82, 2.24) is 0 Å². The summed E-state index contributed by atoms with van der Waals surface area (Å²) in [7, 11) is 0. The summed E-state index contributed by atoms with van der Waals surface area (Å²) < 4.78 is 0. The molecule has 0 rings (SSSR count). The van der Waals surface area contributed by atoms with E-state index in [2.05, 4.69) is 0 Å². The van der Waals surface area contributed by atoms with Crippen molar-refractivity contribution in [2.75, 3.05) is 0 Å². The monoisotopic (exact) mass is 338 g/mol. The maximum Gasteiger partial charge on any atom is 1.00 e. The second kappa shape index (κ2) is 16.2. The third kappa shape index (κ3) is 23.9. The molecule has 0 unspecified atom stereocenters. The predicted octanol–water partition coefficient (Wildman–Crippen LogP) is -5.17. The zero-order chi connectivity index (χ0) is 5.15. The second-order valence-electron chi connectivity index (χ2n) is 0.575. The molecule has 0 aromatic carbocycles. The van der Waals surface area contributed by atoms with Gasteiger partial charge >= 0.3 is 44.8 Å². The predicted molar refractivity (Wildman–Crippen MR) is 17.2 cm³/mol. The SMILES string of the molecule is O.O.O=C([O-])C(=O)[O-].[Ag+].[Ag+]. The van der Waals surface area contributed by atoms with Gasteiger partial charge in [-0.25, -0.2) is 0 Å². The number of carbonyl (C=O) groups excluding carboxylic acids is 2. The average molecular weight is 340 g/mol. The minimum Gasteiger partial charge on any atom is -0.543 e. The summed E-state index contributed by atoms with van der Waals surface area (Å²) in [5.41, 5.74) is 0. The van der Waals surface area contributed by atoms with Crippen molar-refractivity contribution in [2.24, 2.45) is 0 Å². The van der Waals surface area contributed by atoms with Crippen LogP contribution in [0.3, 0.4) is 0 Å². The molecule has 0 fully saturated rings. The molecule has 0 aliphatic heterocycles. The van der Waals surface area contributed by atoms with Crippen LogP contribution in [0.2, 0.25) is 0 Å². The summed E-state index contributed by atoms with van der Waals surface area (Å²) in [5, 5.41) is 17.9. The molecule has 70 valence electrons. The quantitative estimate of drug-likeness (QED) is 0.321. The Morgan fingerprint density at radius 3 is 0.900 bits per heavy atom. The Labute approximate surface area is 87.2 Å². The molecule has 0 bridgehead atoms. The number of carbonyl (C=O) groups is 2. The molecule has 0 heterocycles. The molecule has 0 aliphatic carbocycles. The third-order valence-electron chi connectivity index (χ3n) is 0.167. The van der Waals surface area contributed by atoms with E-state index in [4.69, 9.17) is 19.8 Å². The molecule has 0 aromatic heterocycles. The first-order valence-corrected chi connectivity index (χ1v) is 1.07. The average Bonchev–Trinajstić information content (AvgIpc) is 1.36. The van der Waals surface area contributed by atoms with Crippen LogP contribution in [-0.2, 0) is 54.3 Å². The first-order valence-electron chi connectivity index (χ1n) is 1.07. The van der Waals surface area contributed by atoms with E-state index in [1.54, 1.807) is 0 Å². The summed E-state index contributed by atoms with van der Waals surface area (Å²) in [6.45, 7) is 0. The smallest absolute Gasteiger partial charge is 0.543 e. The van der Waals surface area contributed by atoms with Crippen LogP contribution < -0.4 is 10.2 Å². The van der Waals surface area contributed by atoms with Crippen molar-refractivity contribution in [2.45, 2.75) is 0 Å². The van der Waals surface area contributed by atoms with E-state index in [0.717, 1.165) is 0 Å². The number of aliphatic carboxylic acids is 2. The van der Waals surface area contributed by atoms with E-state index in [1.807, 2.05) is 0 Å². The maximum absolute atomic E-state index is 8.93. The maximum atomic E-state index is 8.93. The van der Waals surface area contributed by atoms with Crippen LogP contribution in [0.15, 0.2) is 0 Å². The van der Waals surface area contributed by atoms with E-state index >= 15 is 0 Å². The first-order chi connectivity index (χ1) is 2.64. The van der Waals surface area contributed by atoms with Gasteiger partial charge in [0.05, 0.1) is 11.9 Å². The van der Waals surface area contributed by atoms with Crippen LogP contribution in [0.25, 0.3) is 0 Å². The summed E-state index contributed by atoms with van der Waals surface area (Å²) in [5.74, 6) is -4.37.